The molecule has 2 rings (SSSR count). The van der Waals surface area contributed by atoms with E-state index in [4.69, 9.17) is 18.9 Å². The van der Waals surface area contributed by atoms with Gasteiger partial charge in [-0.05, 0) is 40.8 Å². The second-order valence-electron chi connectivity index (χ2n) is 8.45. The standard InChI is InChI=1S/C25H34N2O6/c1-25(2,15-26-23(28)13-17-7-9-19(30-3)21(11-17)32-5)16-27-24(29)14-18-8-10-20(31-4)22(12-18)33-6/h7-12H,13-16H2,1-6H3,(H,26,28)(H,27,29). The van der Waals surface area contributed by atoms with Crippen molar-refractivity contribution in [3.63, 3.8) is 0 Å². The molecule has 0 aliphatic carbocycles. The van der Waals surface area contributed by atoms with Gasteiger partial charge < -0.3 is 29.6 Å². The first-order valence-corrected chi connectivity index (χ1v) is 10.7. The quantitative estimate of drug-likeness (QED) is 0.508. The predicted octanol–water partition coefficient (Wildman–Crippen LogP) is 2.76. The summed E-state index contributed by atoms with van der Waals surface area (Å²) in [5.74, 6) is 2.19. The zero-order valence-electron chi connectivity index (χ0n) is 20.2. The summed E-state index contributed by atoms with van der Waals surface area (Å²) in [7, 11) is 6.26. The highest BCUT2D eigenvalue weighted by Crippen LogP contribution is 2.28. The van der Waals surface area contributed by atoms with Crippen molar-refractivity contribution in [1.29, 1.82) is 0 Å². The third-order valence-electron chi connectivity index (χ3n) is 5.15. The number of hydrogen-bond acceptors (Lipinski definition) is 6. The summed E-state index contributed by atoms with van der Waals surface area (Å²) in [4.78, 5) is 24.8. The van der Waals surface area contributed by atoms with E-state index in [1.165, 1.54) is 0 Å². The lowest BCUT2D eigenvalue weighted by Crippen LogP contribution is -2.42. The fourth-order valence-electron chi connectivity index (χ4n) is 3.22. The molecule has 180 valence electrons. The van der Waals surface area contributed by atoms with Gasteiger partial charge in [0.1, 0.15) is 0 Å². The fourth-order valence-corrected chi connectivity index (χ4v) is 3.22. The van der Waals surface area contributed by atoms with Gasteiger partial charge in [0, 0.05) is 13.1 Å². The van der Waals surface area contributed by atoms with E-state index in [2.05, 4.69) is 10.6 Å². The summed E-state index contributed by atoms with van der Waals surface area (Å²) < 4.78 is 21.0. The van der Waals surface area contributed by atoms with E-state index in [0.29, 0.717) is 36.1 Å². The molecule has 0 aliphatic heterocycles. The van der Waals surface area contributed by atoms with Gasteiger partial charge in [0.05, 0.1) is 41.3 Å². The number of hydrogen-bond donors (Lipinski definition) is 2. The molecule has 0 atom stereocenters. The van der Waals surface area contributed by atoms with Gasteiger partial charge in [-0.1, -0.05) is 26.0 Å². The Kier molecular flexibility index (Phi) is 9.39. The molecule has 0 spiro atoms. The monoisotopic (exact) mass is 458 g/mol. The van der Waals surface area contributed by atoms with Crippen molar-refractivity contribution in [2.45, 2.75) is 26.7 Å². The van der Waals surface area contributed by atoms with Crippen molar-refractivity contribution < 1.29 is 28.5 Å². The molecule has 2 N–H and O–H groups in total. The number of carbonyl (C=O) groups is 2. The Morgan fingerprint density at radius 1 is 0.667 bits per heavy atom. The Morgan fingerprint density at radius 2 is 1.03 bits per heavy atom. The Labute approximate surface area is 195 Å². The number of amides is 2. The molecule has 2 aromatic rings. The van der Waals surface area contributed by atoms with E-state index in [0.717, 1.165) is 11.1 Å². The Morgan fingerprint density at radius 3 is 1.36 bits per heavy atom. The lowest BCUT2D eigenvalue weighted by molar-refractivity contribution is -0.120. The maximum absolute atomic E-state index is 12.4. The summed E-state index contributed by atoms with van der Waals surface area (Å²) in [5, 5.41) is 5.89. The van der Waals surface area contributed by atoms with Crippen LogP contribution >= 0.6 is 0 Å². The molecule has 2 amide bonds. The maximum atomic E-state index is 12.4. The van der Waals surface area contributed by atoms with Crippen LogP contribution in [0.25, 0.3) is 0 Å². The summed E-state index contributed by atoms with van der Waals surface area (Å²) in [6.45, 7) is 4.83. The minimum absolute atomic E-state index is 0.105. The van der Waals surface area contributed by atoms with Crippen molar-refractivity contribution >= 4 is 11.8 Å². The summed E-state index contributed by atoms with van der Waals surface area (Å²) in [5.41, 5.74) is 1.33. The number of methoxy groups -OCH3 is 4. The topological polar surface area (TPSA) is 95.1 Å². The third-order valence-corrected chi connectivity index (χ3v) is 5.15. The lowest BCUT2D eigenvalue weighted by atomic mass is 9.93. The third kappa shape index (κ3) is 7.89. The van der Waals surface area contributed by atoms with E-state index in [1.807, 2.05) is 26.0 Å². The number of benzene rings is 2. The molecular formula is C25H34N2O6. The zero-order chi connectivity index (χ0) is 24.4. The Balaban J connectivity index is 1.82. The molecule has 2 aromatic carbocycles. The minimum Gasteiger partial charge on any atom is -0.493 e. The predicted molar refractivity (Wildman–Crippen MR) is 126 cm³/mol. The lowest BCUT2D eigenvalue weighted by Gasteiger charge is -2.25. The van der Waals surface area contributed by atoms with Gasteiger partial charge in [0.25, 0.3) is 0 Å². The fraction of sp³-hybridized carbons (Fsp3) is 0.440. The van der Waals surface area contributed by atoms with Gasteiger partial charge in [0.2, 0.25) is 11.8 Å². The Hall–Kier alpha value is -3.42. The smallest absolute Gasteiger partial charge is 0.224 e. The van der Waals surface area contributed by atoms with Crippen LogP contribution in [-0.4, -0.2) is 53.3 Å². The molecule has 0 bridgehead atoms. The van der Waals surface area contributed by atoms with E-state index < -0.39 is 0 Å². The maximum Gasteiger partial charge on any atom is 0.224 e. The van der Waals surface area contributed by atoms with Crippen molar-refractivity contribution in [3.05, 3.63) is 47.5 Å². The SMILES string of the molecule is COc1ccc(CC(=O)NCC(C)(C)CNC(=O)Cc2ccc(OC)c(OC)c2)cc1OC. The van der Waals surface area contributed by atoms with Gasteiger partial charge in [-0.2, -0.15) is 0 Å². The molecule has 8 nitrogen and oxygen atoms in total. The number of rotatable bonds is 12. The van der Waals surface area contributed by atoms with Gasteiger partial charge in [-0.25, -0.2) is 0 Å². The Bertz CT molecular complexity index is 882. The van der Waals surface area contributed by atoms with Crippen LogP contribution in [0.1, 0.15) is 25.0 Å². The van der Waals surface area contributed by atoms with Crippen LogP contribution in [0.4, 0.5) is 0 Å². The molecular weight excluding hydrogens is 424 g/mol. The first-order valence-electron chi connectivity index (χ1n) is 10.7. The van der Waals surface area contributed by atoms with Crippen molar-refractivity contribution in [2.75, 3.05) is 41.5 Å². The van der Waals surface area contributed by atoms with E-state index in [-0.39, 0.29) is 30.1 Å². The highest BCUT2D eigenvalue weighted by molar-refractivity contribution is 5.79. The molecule has 0 heterocycles. The van der Waals surface area contributed by atoms with Crippen molar-refractivity contribution in [3.8, 4) is 23.0 Å². The van der Waals surface area contributed by atoms with E-state index >= 15 is 0 Å². The first-order chi connectivity index (χ1) is 15.7. The van der Waals surface area contributed by atoms with Crippen LogP contribution in [0.2, 0.25) is 0 Å². The van der Waals surface area contributed by atoms with Gasteiger partial charge in [-0.3, -0.25) is 9.59 Å². The summed E-state index contributed by atoms with van der Waals surface area (Å²) >= 11 is 0. The second kappa shape index (κ2) is 12.0. The van der Waals surface area contributed by atoms with E-state index in [9.17, 15) is 9.59 Å². The van der Waals surface area contributed by atoms with Crippen LogP contribution in [-0.2, 0) is 22.4 Å². The molecule has 0 radical (unpaired) electrons. The molecule has 0 fully saturated rings. The van der Waals surface area contributed by atoms with Crippen LogP contribution in [0, 0.1) is 5.41 Å². The highest BCUT2D eigenvalue weighted by Gasteiger charge is 2.20. The van der Waals surface area contributed by atoms with Gasteiger partial charge in [0.15, 0.2) is 23.0 Å². The molecule has 0 aromatic heterocycles. The molecule has 8 heteroatoms. The summed E-state index contributed by atoms with van der Waals surface area (Å²) in [6.07, 6.45) is 0.449. The number of ether oxygens (including phenoxy) is 4. The van der Waals surface area contributed by atoms with Gasteiger partial charge >= 0.3 is 0 Å². The highest BCUT2D eigenvalue weighted by atomic mass is 16.5. The zero-order valence-corrected chi connectivity index (χ0v) is 20.2. The molecule has 33 heavy (non-hydrogen) atoms. The van der Waals surface area contributed by atoms with Crippen molar-refractivity contribution in [1.82, 2.24) is 10.6 Å². The van der Waals surface area contributed by atoms with Crippen LogP contribution in [0.3, 0.4) is 0 Å². The molecule has 0 saturated heterocycles. The minimum atomic E-state index is -0.319. The van der Waals surface area contributed by atoms with E-state index in [1.54, 1.807) is 52.7 Å². The molecule has 0 aliphatic rings. The van der Waals surface area contributed by atoms with Crippen LogP contribution in [0.5, 0.6) is 23.0 Å². The normalized spacial score (nSPS) is 10.8. The van der Waals surface area contributed by atoms with Crippen LogP contribution < -0.4 is 29.6 Å². The van der Waals surface area contributed by atoms with Crippen molar-refractivity contribution in [2.24, 2.45) is 5.41 Å². The first kappa shape index (κ1) is 25.8. The van der Waals surface area contributed by atoms with Crippen LogP contribution in [0.15, 0.2) is 36.4 Å². The average Bonchev–Trinajstić information content (AvgIpc) is 2.81. The number of carbonyl (C=O) groups excluding carboxylic acids is 2. The number of nitrogens with one attached hydrogen (secondary N) is 2. The van der Waals surface area contributed by atoms with Gasteiger partial charge in [-0.15, -0.1) is 0 Å². The molecule has 0 unspecified atom stereocenters. The second-order valence-corrected chi connectivity index (χ2v) is 8.45. The summed E-state index contributed by atoms with van der Waals surface area (Å²) in [6, 6.07) is 10.8. The molecule has 0 saturated carbocycles. The largest absolute Gasteiger partial charge is 0.493 e. The average molecular weight is 459 g/mol.